The van der Waals surface area contributed by atoms with Crippen molar-refractivity contribution >= 4 is 69.6 Å². The van der Waals surface area contributed by atoms with Gasteiger partial charge >= 0.3 is 0 Å². The topological polar surface area (TPSA) is 0 Å². The summed E-state index contributed by atoms with van der Waals surface area (Å²) < 4.78 is 0. The van der Waals surface area contributed by atoms with E-state index < -0.39 is 10.8 Å². The maximum atomic E-state index is 6.62. The maximum Gasteiger partial charge on any atom is 0.118 e. The van der Waals surface area contributed by atoms with Crippen LogP contribution >= 0.6 is 69.6 Å². The summed E-state index contributed by atoms with van der Waals surface area (Å²) in [7, 11) is 0. The monoisotopic (exact) mass is 538 g/mol. The van der Waals surface area contributed by atoms with Gasteiger partial charge in [0.1, 0.15) is 4.84 Å². The molecule has 0 fully saturated rings. The minimum atomic E-state index is -0.764. The Balaban J connectivity index is 1.99. The lowest BCUT2D eigenvalue weighted by atomic mass is 9.83. The first kappa shape index (κ1) is 23.8. The first-order valence-electron chi connectivity index (χ1n) is 9.73. The van der Waals surface area contributed by atoms with Crippen molar-refractivity contribution in [3.8, 4) is 22.3 Å². The molecule has 0 aliphatic rings. The van der Waals surface area contributed by atoms with Gasteiger partial charge in [-0.05, 0) is 58.7 Å². The Morgan fingerprint density at radius 2 is 0.875 bits per heavy atom. The Hall–Kier alpha value is -1.38. The molecule has 0 spiro atoms. The average Bonchev–Trinajstić information content (AvgIpc) is 2.76. The number of rotatable bonds is 5. The van der Waals surface area contributed by atoms with Gasteiger partial charge in [0.15, 0.2) is 0 Å². The fourth-order valence-electron chi connectivity index (χ4n) is 3.86. The average molecular weight is 541 g/mol. The highest BCUT2D eigenvalue weighted by Crippen LogP contribution is 2.45. The Morgan fingerprint density at radius 1 is 0.469 bits per heavy atom. The molecular weight excluding hydrogens is 525 g/mol. The summed E-state index contributed by atoms with van der Waals surface area (Å²) in [6, 6.07) is 26.5. The van der Waals surface area contributed by atoms with E-state index in [9.17, 15) is 0 Å². The molecular formula is C26H16Cl6. The highest BCUT2D eigenvalue weighted by molar-refractivity contribution is 6.45. The van der Waals surface area contributed by atoms with Crippen LogP contribution in [-0.4, -0.2) is 4.84 Å². The minimum absolute atomic E-state index is 0.398. The molecule has 32 heavy (non-hydrogen) atoms. The second-order valence-corrected chi connectivity index (χ2v) is 10.1. The lowest BCUT2D eigenvalue weighted by Crippen LogP contribution is -2.12. The third kappa shape index (κ3) is 4.92. The van der Waals surface area contributed by atoms with Gasteiger partial charge in [-0.3, -0.25) is 0 Å². The molecule has 4 aromatic carbocycles. The third-order valence-electron chi connectivity index (χ3n) is 5.28. The highest BCUT2D eigenvalue weighted by Gasteiger charge is 2.28. The molecule has 0 bridgehead atoms. The molecule has 0 aliphatic heterocycles. The van der Waals surface area contributed by atoms with Crippen LogP contribution < -0.4 is 0 Å². The van der Waals surface area contributed by atoms with Gasteiger partial charge in [-0.1, -0.05) is 94.9 Å². The van der Waals surface area contributed by atoms with Gasteiger partial charge in [0, 0.05) is 37.1 Å². The van der Waals surface area contributed by atoms with Crippen LogP contribution in [0.3, 0.4) is 0 Å². The van der Waals surface area contributed by atoms with E-state index in [1.165, 1.54) is 0 Å². The summed E-state index contributed by atoms with van der Waals surface area (Å²) in [5, 5.41) is 2.40. The van der Waals surface area contributed by atoms with Crippen LogP contribution in [0, 0.1) is 0 Å². The van der Waals surface area contributed by atoms with Gasteiger partial charge in [-0.25, -0.2) is 0 Å². The summed E-state index contributed by atoms with van der Waals surface area (Å²) >= 11 is 39.1. The molecule has 4 rings (SSSR count). The summed E-state index contributed by atoms with van der Waals surface area (Å²) in [6.45, 7) is 0. The summed E-state index contributed by atoms with van der Waals surface area (Å²) in [4.78, 5) is -0.764. The fraction of sp³-hybridized carbons (Fsp3) is 0.0769. The molecule has 6 heteroatoms. The Kier molecular flexibility index (Phi) is 7.62. The van der Waals surface area contributed by atoms with Gasteiger partial charge in [0.2, 0.25) is 0 Å². The minimum Gasteiger partial charge on any atom is -0.104 e. The van der Waals surface area contributed by atoms with E-state index in [1.807, 2.05) is 84.9 Å². The molecule has 0 aromatic heterocycles. The van der Waals surface area contributed by atoms with E-state index in [1.54, 1.807) is 0 Å². The molecule has 0 nitrogen and oxygen atoms in total. The van der Waals surface area contributed by atoms with Crippen molar-refractivity contribution in [2.24, 2.45) is 0 Å². The lowest BCUT2D eigenvalue weighted by Gasteiger charge is -2.26. The van der Waals surface area contributed by atoms with Crippen LogP contribution in [-0.2, 0) is 0 Å². The van der Waals surface area contributed by atoms with E-state index in [-0.39, 0.29) is 0 Å². The molecule has 0 aliphatic carbocycles. The summed E-state index contributed by atoms with van der Waals surface area (Å²) in [5.41, 5.74) is 5.21. The quantitative estimate of drug-likeness (QED) is 0.221. The predicted octanol–water partition coefficient (Wildman–Crippen LogP) is 10.6. The molecule has 4 aromatic rings. The number of hydrogen-bond donors (Lipinski definition) is 0. The van der Waals surface area contributed by atoms with Crippen molar-refractivity contribution in [2.45, 2.75) is 10.8 Å². The molecule has 162 valence electrons. The second-order valence-electron chi connectivity index (χ2n) is 7.23. The van der Waals surface area contributed by atoms with Crippen molar-refractivity contribution < 1.29 is 0 Å². The molecule has 0 unspecified atom stereocenters. The first-order chi connectivity index (χ1) is 15.4. The van der Waals surface area contributed by atoms with E-state index in [0.29, 0.717) is 20.1 Å². The van der Waals surface area contributed by atoms with Gasteiger partial charge in [0.05, 0.1) is 0 Å². The van der Waals surface area contributed by atoms with Crippen LogP contribution in [0.25, 0.3) is 22.3 Å². The van der Waals surface area contributed by atoms with Crippen LogP contribution in [0.2, 0.25) is 20.1 Å². The van der Waals surface area contributed by atoms with Crippen LogP contribution in [0.4, 0.5) is 0 Å². The molecule has 0 N–H and O–H groups in total. The van der Waals surface area contributed by atoms with Crippen molar-refractivity contribution in [1.82, 2.24) is 0 Å². The molecule has 0 radical (unpaired) electrons. The molecule has 0 amide bonds. The van der Waals surface area contributed by atoms with Gasteiger partial charge in [-0.2, -0.15) is 0 Å². The predicted molar refractivity (Wildman–Crippen MR) is 141 cm³/mol. The first-order valence-corrected chi connectivity index (χ1v) is 12.1. The standard InChI is InChI=1S/C26H16Cl6/c27-15-9-11-19(21(13-15)17-5-1-3-7-23(17)29)25(26(31)32)20-12-10-16(28)14-22(20)18-6-2-4-8-24(18)30/h1-14,25-26H. The largest absolute Gasteiger partial charge is 0.118 e. The summed E-state index contributed by atoms with van der Waals surface area (Å²) in [5.74, 6) is -0.398. The second kappa shape index (κ2) is 10.3. The van der Waals surface area contributed by atoms with Gasteiger partial charge < -0.3 is 0 Å². The van der Waals surface area contributed by atoms with Gasteiger partial charge in [-0.15, -0.1) is 23.2 Å². The molecule has 0 heterocycles. The Labute approximate surface area is 217 Å². The Bertz CT molecular complexity index is 1170. The smallest absolute Gasteiger partial charge is 0.104 e. The number of benzene rings is 4. The van der Waals surface area contributed by atoms with Crippen molar-refractivity contribution in [1.29, 1.82) is 0 Å². The molecule has 0 atom stereocenters. The highest BCUT2D eigenvalue weighted by atomic mass is 35.5. The van der Waals surface area contributed by atoms with Crippen LogP contribution in [0.5, 0.6) is 0 Å². The van der Waals surface area contributed by atoms with E-state index >= 15 is 0 Å². The fourth-order valence-corrected chi connectivity index (χ4v) is 5.23. The third-order valence-corrected chi connectivity index (χ3v) is 6.91. The maximum absolute atomic E-state index is 6.62. The van der Waals surface area contributed by atoms with Gasteiger partial charge in [0.25, 0.3) is 0 Å². The zero-order valence-corrected chi connectivity index (χ0v) is 21.0. The Morgan fingerprint density at radius 3 is 1.25 bits per heavy atom. The van der Waals surface area contributed by atoms with E-state index in [0.717, 1.165) is 33.4 Å². The van der Waals surface area contributed by atoms with E-state index in [2.05, 4.69) is 0 Å². The normalized spacial score (nSPS) is 11.4. The van der Waals surface area contributed by atoms with Crippen molar-refractivity contribution in [3.05, 3.63) is 116 Å². The van der Waals surface area contributed by atoms with Crippen LogP contribution in [0.1, 0.15) is 17.0 Å². The van der Waals surface area contributed by atoms with E-state index in [4.69, 9.17) is 69.6 Å². The lowest BCUT2D eigenvalue weighted by molar-refractivity contribution is 0.891. The van der Waals surface area contributed by atoms with Crippen molar-refractivity contribution in [2.75, 3.05) is 0 Å². The van der Waals surface area contributed by atoms with Crippen LogP contribution in [0.15, 0.2) is 84.9 Å². The number of halogens is 6. The summed E-state index contributed by atoms with van der Waals surface area (Å²) in [6.07, 6.45) is 0. The zero-order chi connectivity index (χ0) is 22.8. The van der Waals surface area contributed by atoms with Crippen molar-refractivity contribution in [3.63, 3.8) is 0 Å². The molecule has 0 saturated carbocycles. The zero-order valence-electron chi connectivity index (χ0n) is 16.5. The number of hydrogen-bond acceptors (Lipinski definition) is 0. The number of alkyl halides is 2. The molecule has 0 saturated heterocycles. The SMILES string of the molecule is Clc1ccc(C(c2ccc(Cl)cc2-c2ccccc2Cl)C(Cl)Cl)c(-c2ccccc2Cl)c1.